The van der Waals surface area contributed by atoms with Gasteiger partial charge in [0, 0.05) is 18.4 Å². The summed E-state index contributed by atoms with van der Waals surface area (Å²) in [6.07, 6.45) is 11.0. The normalized spacial score (nSPS) is 27.8. The first-order valence-corrected chi connectivity index (χ1v) is 5.74. The Bertz CT molecular complexity index is 251. The number of hydrogen-bond acceptors (Lipinski definition) is 1. The molecule has 2 nitrogen and oxygen atoms in total. The first kappa shape index (κ1) is 9.78. The van der Waals surface area contributed by atoms with E-state index in [9.17, 15) is 0 Å². The lowest BCUT2D eigenvalue weighted by Gasteiger charge is -2.32. The molecule has 0 bridgehead atoms. The van der Waals surface area contributed by atoms with Crippen molar-refractivity contribution >= 4 is 0 Å². The summed E-state index contributed by atoms with van der Waals surface area (Å²) in [5, 5.41) is 0. The van der Waals surface area contributed by atoms with E-state index < -0.39 is 0 Å². The van der Waals surface area contributed by atoms with Crippen molar-refractivity contribution in [1.29, 1.82) is 0 Å². The summed E-state index contributed by atoms with van der Waals surface area (Å²) in [5.41, 5.74) is 5.67. The molecule has 0 aliphatic heterocycles. The monoisotopic (exact) mass is 192 g/mol. The molecular formula is C12H20N2. The van der Waals surface area contributed by atoms with E-state index in [-0.39, 0.29) is 0 Å². The SMILES string of the molecule is NCCC1CCCCC1n1cccc1. The molecule has 1 aliphatic rings. The summed E-state index contributed by atoms with van der Waals surface area (Å²) in [6.45, 7) is 0.836. The highest BCUT2D eigenvalue weighted by Gasteiger charge is 2.24. The highest BCUT2D eigenvalue weighted by molar-refractivity contribution is 4.95. The summed E-state index contributed by atoms with van der Waals surface area (Å²) in [5.74, 6) is 0.807. The van der Waals surface area contributed by atoms with E-state index >= 15 is 0 Å². The van der Waals surface area contributed by atoms with Crippen LogP contribution < -0.4 is 5.73 Å². The third kappa shape index (κ3) is 2.01. The van der Waals surface area contributed by atoms with Gasteiger partial charge in [-0.15, -0.1) is 0 Å². The van der Waals surface area contributed by atoms with Gasteiger partial charge in [-0.2, -0.15) is 0 Å². The second kappa shape index (κ2) is 4.65. The van der Waals surface area contributed by atoms with Crippen LogP contribution in [0.2, 0.25) is 0 Å². The average molecular weight is 192 g/mol. The van der Waals surface area contributed by atoms with Gasteiger partial charge in [-0.1, -0.05) is 12.8 Å². The largest absolute Gasteiger partial charge is 0.351 e. The maximum absolute atomic E-state index is 5.67. The molecule has 0 saturated heterocycles. The molecule has 2 heteroatoms. The van der Waals surface area contributed by atoms with Crippen molar-refractivity contribution in [2.24, 2.45) is 11.7 Å². The van der Waals surface area contributed by atoms with Crippen molar-refractivity contribution in [3.63, 3.8) is 0 Å². The van der Waals surface area contributed by atoms with Crippen LogP contribution in [-0.2, 0) is 0 Å². The van der Waals surface area contributed by atoms with Crippen LogP contribution in [0.15, 0.2) is 24.5 Å². The molecule has 1 aliphatic carbocycles. The van der Waals surface area contributed by atoms with Gasteiger partial charge < -0.3 is 10.3 Å². The first-order valence-electron chi connectivity index (χ1n) is 5.74. The van der Waals surface area contributed by atoms with Crippen LogP contribution in [-0.4, -0.2) is 11.1 Å². The number of nitrogens with two attached hydrogens (primary N) is 1. The summed E-state index contributed by atoms with van der Waals surface area (Å²) in [4.78, 5) is 0. The van der Waals surface area contributed by atoms with Gasteiger partial charge in [0.2, 0.25) is 0 Å². The van der Waals surface area contributed by atoms with Crippen molar-refractivity contribution < 1.29 is 0 Å². The zero-order valence-corrected chi connectivity index (χ0v) is 8.73. The van der Waals surface area contributed by atoms with Crippen molar-refractivity contribution in [2.45, 2.75) is 38.1 Å². The minimum atomic E-state index is 0.710. The Morgan fingerprint density at radius 3 is 2.57 bits per heavy atom. The summed E-state index contributed by atoms with van der Waals surface area (Å²) < 4.78 is 2.37. The van der Waals surface area contributed by atoms with E-state index in [0.29, 0.717) is 6.04 Å². The Hall–Kier alpha value is -0.760. The van der Waals surface area contributed by atoms with Gasteiger partial charge in [-0.3, -0.25) is 0 Å². The van der Waals surface area contributed by atoms with Crippen LogP contribution in [0.1, 0.15) is 38.1 Å². The molecular weight excluding hydrogens is 172 g/mol. The highest BCUT2D eigenvalue weighted by atomic mass is 15.0. The van der Waals surface area contributed by atoms with E-state index in [1.54, 1.807) is 0 Å². The number of nitrogens with zero attached hydrogens (tertiary/aromatic N) is 1. The molecule has 0 amide bonds. The zero-order valence-electron chi connectivity index (χ0n) is 8.73. The van der Waals surface area contributed by atoms with Gasteiger partial charge in [0.05, 0.1) is 0 Å². The second-order valence-corrected chi connectivity index (χ2v) is 4.32. The van der Waals surface area contributed by atoms with Gasteiger partial charge in [-0.05, 0) is 43.9 Å². The van der Waals surface area contributed by atoms with Gasteiger partial charge >= 0.3 is 0 Å². The lowest BCUT2D eigenvalue weighted by atomic mass is 9.82. The fourth-order valence-corrected chi connectivity index (χ4v) is 2.70. The van der Waals surface area contributed by atoms with Crippen LogP contribution in [0.25, 0.3) is 0 Å². The molecule has 2 unspecified atom stereocenters. The van der Waals surface area contributed by atoms with E-state index in [2.05, 4.69) is 29.1 Å². The van der Waals surface area contributed by atoms with E-state index in [4.69, 9.17) is 5.73 Å². The number of rotatable bonds is 3. The summed E-state index contributed by atoms with van der Waals surface area (Å²) >= 11 is 0. The molecule has 0 radical (unpaired) electrons. The first-order chi connectivity index (χ1) is 6.92. The molecule has 1 fully saturated rings. The molecule has 1 saturated carbocycles. The van der Waals surface area contributed by atoms with Crippen molar-refractivity contribution in [3.05, 3.63) is 24.5 Å². The Kier molecular flexibility index (Phi) is 3.25. The Balaban J connectivity index is 2.06. The molecule has 2 rings (SSSR count). The van der Waals surface area contributed by atoms with Crippen LogP contribution in [0.5, 0.6) is 0 Å². The van der Waals surface area contributed by atoms with E-state index in [1.165, 1.54) is 32.1 Å². The summed E-state index contributed by atoms with van der Waals surface area (Å²) in [6, 6.07) is 4.95. The fraction of sp³-hybridized carbons (Fsp3) is 0.667. The van der Waals surface area contributed by atoms with Crippen LogP contribution in [0, 0.1) is 5.92 Å². The Morgan fingerprint density at radius 2 is 1.86 bits per heavy atom. The Morgan fingerprint density at radius 1 is 1.14 bits per heavy atom. The van der Waals surface area contributed by atoms with Gasteiger partial charge in [0.15, 0.2) is 0 Å². The number of hydrogen-bond donors (Lipinski definition) is 1. The third-order valence-corrected chi connectivity index (χ3v) is 3.42. The van der Waals surface area contributed by atoms with Gasteiger partial charge in [0.25, 0.3) is 0 Å². The fourth-order valence-electron chi connectivity index (χ4n) is 2.70. The summed E-state index contributed by atoms with van der Waals surface area (Å²) in [7, 11) is 0. The average Bonchev–Trinajstić information content (AvgIpc) is 2.72. The highest BCUT2D eigenvalue weighted by Crippen LogP contribution is 2.35. The van der Waals surface area contributed by atoms with Crippen LogP contribution >= 0.6 is 0 Å². The maximum Gasteiger partial charge on any atom is 0.0359 e. The van der Waals surface area contributed by atoms with E-state index in [0.717, 1.165) is 12.5 Å². The number of aromatic nitrogens is 1. The van der Waals surface area contributed by atoms with E-state index in [1.807, 2.05) is 0 Å². The molecule has 2 N–H and O–H groups in total. The van der Waals surface area contributed by atoms with Gasteiger partial charge in [0.1, 0.15) is 0 Å². The second-order valence-electron chi connectivity index (χ2n) is 4.32. The predicted octanol–water partition coefficient (Wildman–Crippen LogP) is 2.57. The third-order valence-electron chi connectivity index (χ3n) is 3.42. The van der Waals surface area contributed by atoms with Crippen LogP contribution in [0.3, 0.4) is 0 Å². The molecule has 2 atom stereocenters. The zero-order chi connectivity index (χ0) is 9.80. The van der Waals surface area contributed by atoms with Crippen molar-refractivity contribution in [3.8, 4) is 0 Å². The molecule has 1 aromatic rings. The lowest BCUT2D eigenvalue weighted by Crippen LogP contribution is -2.24. The quantitative estimate of drug-likeness (QED) is 0.784. The molecule has 14 heavy (non-hydrogen) atoms. The lowest BCUT2D eigenvalue weighted by molar-refractivity contribution is 0.229. The topological polar surface area (TPSA) is 30.9 Å². The van der Waals surface area contributed by atoms with Crippen molar-refractivity contribution in [2.75, 3.05) is 6.54 Å². The molecule has 0 spiro atoms. The minimum absolute atomic E-state index is 0.710. The Labute approximate surface area is 86.1 Å². The van der Waals surface area contributed by atoms with Crippen LogP contribution in [0.4, 0.5) is 0 Å². The van der Waals surface area contributed by atoms with Gasteiger partial charge in [-0.25, -0.2) is 0 Å². The molecule has 78 valence electrons. The molecule has 1 aromatic heterocycles. The van der Waals surface area contributed by atoms with Crippen molar-refractivity contribution in [1.82, 2.24) is 4.57 Å². The predicted molar refractivity (Wildman–Crippen MR) is 59.1 cm³/mol. The smallest absolute Gasteiger partial charge is 0.0359 e. The molecule has 1 heterocycles. The minimum Gasteiger partial charge on any atom is -0.351 e. The maximum atomic E-state index is 5.67. The molecule has 0 aromatic carbocycles. The standard InChI is InChI=1S/C12H20N2/c13-8-7-11-5-1-2-6-12(11)14-9-3-4-10-14/h3-4,9-12H,1-2,5-8,13H2.